The van der Waals surface area contributed by atoms with Crippen LogP contribution in [0.1, 0.15) is 47.3 Å². The number of halogens is 1. The number of aliphatic carboxylic acids is 1. The Bertz CT molecular complexity index is 1280. The van der Waals surface area contributed by atoms with E-state index in [4.69, 9.17) is 0 Å². The highest BCUT2D eigenvalue weighted by molar-refractivity contribution is 9.10. The largest absolute Gasteiger partial charge is 0.480 e. The van der Waals surface area contributed by atoms with Crippen LogP contribution in [0.2, 0.25) is 0 Å². The molecule has 1 fully saturated rings. The summed E-state index contributed by atoms with van der Waals surface area (Å²) in [5, 5.41) is 12.4. The molecule has 0 saturated carbocycles. The van der Waals surface area contributed by atoms with Crippen molar-refractivity contribution < 1.29 is 32.7 Å². The molecule has 2 aromatic carbocycles. The first kappa shape index (κ1) is 28.3. The van der Waals surface area contributed by atoms with Crippen molar-refractivity contribution in [1.29, 1.82) is 0 Å². The van der Waals surface area contributed by atoms with Gasteiger partial charge in [-0.3, -0.25) is 19.2 Å². The second kappa shape index (κ2) is 12.3. The van der Waals surface area contributed by atoms with E-state index in [-0.39, 0.29) is 18.7 Å². The zero-order valence-electron chi connectivity index (χ0n) is 20.0. The molecule has 1 aliphatic heterocycles. The van der Waals surface area contributed by atoms with Crippen LogP contribution in [0.15, 0.2) is 53.0 Å². The summed E-state index contributed by atoms with van der Waals surface area (Å²) in [6.45, 7) is 1.21. The van der Waals surface area contributed by atoms with Crippen molar-refractivity contribution in [3.05, 3.63) is 69.7 Å². The number of carboxylic acids is 1. The molecular formula is C24H27BrN4O7S. The molecule has 3 rings (SSSR count). The smallest absolute Gasteiger partial charge is 0.323 e. The van der Waals surface area contributed by atoms with Gasteiger partial charge in [0.2, 0.25) is 11.8 Å². The van der Waals surface area contributed by atoms with Gasteiger partial charge in [0.1, 0.15) is 12.6 Å². The Labute approximate surface area is 223 Å². The van der Waals surface area contributed by atoms with Crippen molar-refractivity contribution in [1.82, 2.24) is 19.2 Å². The van der Waals surface area contributed by atoms with Crippen LogP contribution in [0, 0.1) is 0 Å². The lowest BCUT2D eigenvalue weighted by Crippen LogP contribution is -2.46. The number of hydrogen-bond donors (Lipinski definition) is 3. The van der Waals surface area contributed by atoms with Gasteiger partial charge in [0.05, 0.1) is 6.54 Å². The zero-order valence-corrected chi connectivity index (χ0v) is 22.4. The van der Waals surface area contributed by atoms with Crippen molar-refractivity contribution in [3.8, 4) is 0 Å². The van der Waals surface area contributed by atoms with E-state index in [9.17, 15) is 32.7 Å². The minimum absolute atomic E-state index is 0.0895. The lowest BCUT2D eigenvalue weighted by molar-refractivity contribution is -0.139. The molecule has 0 bridgehead atoms. The Kier molecular flexibility index (Phi) is 9.40. The van der Waals surface area contributed by atoms with Gasteiger partial charge in [-0.25, -0.2) is 4.72 Å². The van der Waals surface area contributed by atoms with Gasteiger partial charge >= 0.3 is 16.2 Å². The molecule has 3 amide bonds. The predicted molar refractivity (Wildman–Crippen MR) is 137 cm³/mol. The van der Waals surface area contributed by atoms with Crippen molar-refractivity contribution in [2.24, 2.45) is 0 Å². The number of carbonyl (C=O) groups is 4. The zero-order chi connectivity index (χ0) is 27.2. The third kappa shape index (κ3) is 7.14. The number of nitrogens with one attached hydrogen (secondary N) is 2. The lowest BCUT2D eigenvalue weighted by atomic mass is 10.0. The summed E-state index contributed by atoms with van der Waals surface area (Å²) in [5.74, 6) is -3.12. The van der Waals surface area contributed by atoms with Crippen molar-refractivity contribution in [2.75, 3.05) is 19.6 Å². The van der Waals surface area contributed by atoms with Crippen LogP contribution in [-0.2, 0) is 31.1 Å². The highest BCUT2D eigenvalue weighted by Gasteiger charge is 2.35. The average molecular weight is 595 g/mol. The fourth-order valence-electron chi connectivity index (χ4n) is 3.81. The van der Waals surface area contributed by atoms with Gasteiger partial charge < -0.3 is 15.3 Å². The maximum absolute atomic E-state index is 13.5. The summed E-state index contributed by atoms with van der Waals surface area (Å²) in [4.78, 5) is 51.0. The fourth-order valence-corrected chi connectivity index (χ4v) is 5.40. The molecule has 198 valence electrons. The molecule has 13 heteroatoms. The van der Waals surface area contributed by atoms with Gasteiger partial charge in [-0.1, -0.05) is 59.6 Å². The highest BCUT2D eigenvalue weighted by Crippen LogP contribution is 2.30. The molecule has 0 spiro atoms. The summed E-state index contributed by atoms with van der Waals surface area (Å²) in [6.07, 6.45) is 1.56. The molecule has 11 nitrogen and oxygen atoms in total. The SMILES string of the molecule is CCCCNC(=O)C(c1ccccc1Br)N(CC(=O)O)C(=O)c1ccc(CN2CC(=O)NS2(=O)=O)cc1. The second-order valence-corrected chi connectivity index (χ2v) is 10.9. The van der Waals surface area contributed by atoms with Crippen LogP contribution in [0.25, 0.3) is 0 Å². The fraction of sp³-hybridized carbons (Fsp3) is 0.333. The third-order valence-corrected chi connectivity index (χ3v) is 7.76. The standard InChI is InChI=1S/C24H27BrN4O7S/c1-2-3-12-26-23(33)22(18-6-4-5-7-19(18)25)29(15-21(31)32)24(34)17-10-8-16(9-11-17)13-28-14-20(30)27-37(28,35)36/h4-11,22H,2-3,12-15H2,1H3,(H,26,33)(H,27,30)(H,31,32). The van der Waals surface area contributed by atoms with Crippen molar-refractivity contribution in [3.63, 3.8) is 0 Å². The van der Waals surface area contributed by atoms with Gasteiger partial charge in [0.25, 0.3) is 5.91 Å². The van der Waals surface area contributed by atoms with E-state index >= 15 is 0 Å². The Hall–Kier alpha value is -3.29. The van der Waals surface area contributed by atoms with Crippen molar-refractivity contribution in [2.45, 2.75) is 32.4 Å². The minimum Gasteiger partial charge on any atom is -0.480 e. The van der Waals surface area contributed by atoms with E-state index in [2.05, 4.69) is 21.2 Å². The first-order chi connectivity index (χ1) is 17.5. The molecule has 37 heavy (non-hydrogen) atoms. The van der Waals surface area contributed by atoms with Gasteiger partial charge in [-0.15, -0.1) is 0 Å². The molecule has 3 N–H and O–H groups in total. The molecule has 1 atom stereocenters. The number of carboxylic acid groups (broad SMARTS) is 1. The Morgan fingerprint density at radius 3 is 2.41 bits per heavy atom. The van der Waals surface area contributed by atoms with E-state index in [0.717, 1.165) is 22.0 Å². The quantitative estimate of drug-likeness (QED) is 0.335. The number of hydrogen-bond acceptors (Lipinski definition) is 6. The van der Waals surface area contributed by atoms with Gasteiger partial charge in [-0.05, 0) is 35.7 Å². The summed E-state index contributed by atoms with van der Waals surface area (Å²) in [6, 6.07) is 11.4. The van der Waals surface area contributed by atoms with Crippen LogP contribution in [0.5, 0.6) is 0 Å². The van der Waals surface area contributed by atoms with Crippen LogP contribution in [0.3, 0.4) is 0 Å². The molecular weight excluding hydrogens is 568 g/mol. The molecule has 0 aromatic heterocycles. The van der Waals surface area contributed by atoms with E-state index < -0.39 is 46.5 Å². The summed E-state index contributed by atoms with van der Waals surface area (Å²) in [5.41, 5.74) is 1.06. The van der Waals surface area contributed by atoms with E-state index in [1.165, 1.54) is 24.3 Å². The first-order valence-electron chi connectivity index (χ1n) is 11.5. The van der Waals surface area contributed by atoms with Crippen LogP contribution in [-0.4, -0.2) is 66.1 Å². The summed E-state index contributed by atoms with van der Waals surface area (Å²) in [7, 11) is -3.91. The van der Waals surface area contributed by atoms with E-state index in [1.807, 2.05) is 11.6 Å². The summed E-state index contributed by atoms with van der Waals surface area (Å²) < 4.78 is 27.3. The molecule has 1 saturated heterocycles. The predicted octanol–water partition coefficient (Wildman–Crippen LogP) is 1.81. The van der Waals surface area contributed by atoms with E-state index in [0.29, 0.717) is 22.1 Å². The molecule has 2 aromatic rings. The van der Waals surface area contributed by atoms with Crippen LogP contribution in [0.4, 0.5) is 0 Å². The summed E-state index contributed by atoms with van der Waals surface area (Å²) >= 11 is 3.40. The number of amides is 3. The Balaban J connectivity index is 1.91. The molecule has 1 unspecified atom stereocenters. The monoisotopic (exact) mass is 594 g/mol. The molecule has 1 heterocycles. The number of benzene rings is 2. The maximum Gasteiger partial charge on any atom is 0.323 e. The van der Waals surface area contributed by atoms with Gasteiger partial charge in [0, 0.05) is 23.1 Å². The number of rotatable bonds is 11. The first-order valence-corrected chi connectivity index (χ1v) is 13.7. The van der Waals surface area contributed by atoms with Gasteiger partial charge in [-0.2, -0.15) is 12.7 Å². The van der Waals surface area contributed by atoms with Gasteiger partial charge in [0.15, 0.2) is 0 Å². The Morgan fingerprint density at radius 2 is 1.84 bits per heavy atom. The van der Waals surface area contributed by atoms with Crippen LogP contribution < -0.4 is 10.0 Å². The minimum atomic E-state index is -3.91. The lowest BCUT2D eigenvalue weighted by Gasteiger charge is -2.31. The maximum atomic E-state index is 13.5. The highest BCUT2D eigenvalue weighted by atomic mass is 79.9. The number of carbonyl (C=O) groups excluding carboxylic acids is 3. The normalized spacial score (nSPS) is 15.6. The molecule has 0 aliphatic carbocycles. The number of nitrogens with zero attached hydrogens (tertiary/aromatic N) is 2. The molecule has 0 radical (unpaired) electrons. The third-order valence-electron chi connectivity index (χ3n) is 5.62. The molecule has 1 aliphatic rings. The van der Waals surface area contributed by atoms with Crippen LogP contribution >= 0.6 is 15.9 Å². The topological polar surface area (TPSA) is 153 Å². The Morgan fingerprint density at radius 1 is 1.16 bits per heavy atom. The number of unbranched alkanes of at least 4 members (excludes halogenated alkanes) is 1. The average Bonchev–Trinajstić information content (AvgIpc) is 3.10. The second-order valence-electron chi connectivity index (χ2n) is 8.39. The van der Waals surface area contributed by atoms with E-state index in [1.54, 1.807) is 24.3 Å². The van der Waals surface area contributed by atoms with Crippen molar-refractivity contribution >= 4 is 49.8 Å².